The van der Waals surface area contributed by atoms with Crippen molar-refractivity contribution in [3.05, 3.63) is 18.2 Å². The molecule has 0 atom stereocenters. The second-order valence-corrected chi connectivity index (χ2v) is 4.64. The van der Waals surface area contributed by atoms with Crippen molar-refractivity contribution in [3.8, 4) is 0 Å². The third-order valence-corrected chi connectivity index (χ3v) is 3.17. The molecule has 1 saturated carbocycles. The van der Waals surface area contributed by atoms with Gasteiger partial charge in [0.1, 0.15) is 5.52 Å². The quantitative estimate of drug-likeness (QED) is 0.819. The van der Waals surface area contributed by atoms with Crippen LogP contribution < -0.4 is 10.6 Å². The summed E-state index contributed by atoms with van der Waals surface area (Å²) in [7, 11) is 1.71. The zero-order valence-corrected chi connectivity index (χ0v) is 10.4. The Morgan fingerprint density at radius 2 is 2.33 bits per heavy atom. The molecule has 1 aromatic heterocycles. The lowest BCUT2D eigenvalue weighted by molar-refractivity contribution is 0.203. The average Bonchev–Trinajstić information content (AvgIpc) is 3.10. The average molecular weight is 247 g/mol. The first-order valence-corrected chi connectivity index (χ1v) is 6.19. The largest absolute Gasteiger partial charge is 0.423 e. The number of benzene rings is 1. The highest BCUT2D eigenvalue weighted by Crippen LogP contribution is 2.33. The summed E-state index contributed by atoms with van der Waals surface area (Å²) in [6, 6.07) is 6.76. The highest BCUT2D eigenvalue weighted by Gasteiger charge is 2.31. The van der Waals surface area contributed by atoms with Crippen molar-refractivity contribution < 1.29 is 9.15 Å². The number of ether oxygens (including phenoxy) is 1. The maximum atomic E-state index is 5.79. The molecule has 3 rings (SSSR count). The zero-order valence-electron chi connectivity index (χ0n) is 10.4. The van der Waals surface area contributed by atoms with E-state index >= 15 is 0 Å². The van der Waals surface area contributed by atoms with E-state index in [2.05, 4.69) is 9.88 Å². The summed E-state index contributed by atoms with van der Waals surface area (Å²) in [4.78, 5) is 6.70. The molecule has 1 aliphatic carbocycles. The Labute approximate surface area is 106 Å². The number of methoxy groups -OCH3 is 1. The van der Waals surface area contributed by atoms with E-state index in [1.165, 1.54) is 12.8 Å². The van der Waals surface area contributed by atoms with Crippen molar-refractivity contribution in [1.29, 1.82) is 0 Å². The number of nitrogens with two attached hydrogens (primary N) is 1. The molecule has 18 heavy (non-hydrogen) atoms. The van der Waals surface area contributed by atoms with E-state index in [-0.39, 0.29) is 0 Å². The van der Waals surface area contributed by atoms with E-state index in [0.717, 1.165) is 17.6 Å². The monoisotopic (exact) mass is 247 g/mol. The number of oxazole rings is 1. The molecule has 5 heteroatoms. The molecule has 0 unspecified atom stereocenters. The summed E-state index contributed by atoms with van der Waals surface area (Å²) in [5.74, 6) is 0. The summed E-state index contributed by atoms with van der Waals surface area (Å²) in [5, 5.41) is 0. The lowest BCUT2D eigenvalue weighted by atomic mass is 10.3. The van der Waals surface area contributed by atoms with Crippen LogP contribution >= 0.6 is 0 Å². The van der Waals surface area contributed by atoms with Gasteiger partial charge >= 0.3 is 0 Å². The maximum absolute atomic E-state index is 5.79. The molecule has 1 aromatic carbocycles. The number of nitrogens with zero attached hydrogens (tertiary/aromatic N) is 2. The van der Waals surface area contributed by atoms with Gasteiger partial charge in [-0.05, 0) is 25.0 Å². The molecule has 0 bridgehead atoms. The van der Waals surface area contributed by atoms with Crippen LogP contribution in [0.25, 0.3) is 11.1 Å². The minimum atomic E-state index is 0.547. The lowest BCUT2D eigenvalue weighted by Crippen LogP contribution is -2.29. The third-order valence-electron chi connectivity index (χ3n) is 3.17. The van der Waals surface area contributed by atoms with Crippen LogP contribution in [-0.2, 0) is 4.74 Å². The Morgan fingerprint density at radius 3 is 3.06 bits per heavy atom. The summed E-state index contributed by atoms with van der Waals surface area (Å²) in [5.41, 5.74) is 8.03. The number of hydrogen-bond acceptors (Lipinski definition) is 5. The first-order chi connectivity index (χ1) is 8.78. The minimum absolute atomic E-state index is 0.547. The molecule has 2 aromatic rings. The van der Waals surface area contributed by atoms with Gasteiger partial charge in [-0.2, -0.15) is 4.98 Å². The Kier molecular flexibility index (Phi) is 2.83. The topological polar surface area (TPSA) is 64.5 Å². The van der Waals surface area contributed by atoms with Crippen LogP contribution in [0, 0.1) is 0 Å². The molecule has 1 fully saturated rings. The Balaban J connectivity index is 1.90. The number of nitrogen functional groups attached to an aromatic ring is 1. The van der Waals surface area contributed by atoms with E-state index < -0.39 is 0 Å². The molecular weight excluding hydrogens is 230 g/mol. The fraction of sp³-hybridized carbons (Fsp3) is 0.462. The summed E-state index contributed by atoms with van der Waals surface area (Å²) in [6.45, 7) is 1.49. The molecule has 5 nitrogen and oxygen atoms in total. The molecule has 1 heterocycles. The lowest BCUT2D eigenvalue weighted by Gasteiger charge is -2.19. The van der Waals surface area contributed by atoms with Gasteiger partial charge in [-0.25, -0.2) is 0 Å². The van der Waals surface area contributed by atoms with E-state index in [4.69, 9.17) is 14.9 Å². The van der Waals surface area contributed by atoms with Gasteiger partial charge in [0, 0.05) is 31.5 Å². The predicted molar refractivity (Wildman–Crippen MR) is 70.7 cm³/mol. The van der Waals surface area contributed by atoms with Gasteiger partial charge in [-0.1, -0.05) is 0 Å². The van der Waals surface area contributed by atoms with Crippen LogP contribution in [0.4, 0.5) is 11.7 Å². The molecule has 0 saturated heterocycles. The van der Waals surface area contributed by atoms with Crippen molar-refractivity contribution in [1.82, 2.24) is 4.98 Å². The SMILES string of the molecule is COCCN(c1nc2ccc(N)cc2o1)C1CC1. The van der Waals surface area contributed by atoms with Gasteiger partial charge in [0.05, 0.1) is 6.61 Å². The number of fused-ring (bicyclic) bond motifs is 1. The highest BCUT2D eigenvalue weighted by atomic mass is 16.5. The first kappa shape index (κ1) is 11.3. The van der Waals surface area contributed by atoms with Gasteiger partial charge in [-0.15, -0.1) is 0 Å². The van der Waals surface area contributed by atoms with Crippen LogP contribution in [0.3, 0.4) is 0 Å². The van der Waals surface area contributed by atoms with E-state index in [0.29, 0.717) is 24.4 Å². The second-order valence-electron chi connectivity index (χ2n) is 4.64. The first-order valence-electron chi connectivity index (χ1n) is 6.19. The highest BCUT2D eigenvalue weighted by molar-refractivity contribution is 5.78. The molecule has 0 radical (unpaired) electrons. The maximum Gasteiger partial charge on any atom is 0.298 e. The normalized spacial score (nSPS) is 15.2. The van der Waals surface area contributed by atoms with Crippen molar-refractivity contribution in [2.24, 2.45) is 0 Å². The molecule has 2 N–H and O–H groups in total. The van der Waals surface area contributed by atoms with Crippen LogP contribution in [0.2, 0.25) is 0 Å². The predicted octanol–water partition coefficient (Wildman–Crippen LogP) is 2.03. The van der Waals surface area contributed by atoms with Crippen LogP contribution in [0.5, 0.6) is 0 Å². The Morgan fingerprint density at radius 1 is 1.50 bits per heavy atom. The number of anilines is 2. The molecule has 1 aliphatic rings. The van der Waals surface area contributed by atoms with Gasteiger partial charge in [0.25, 0.3) is 6.01 Å². The van der Waals surface area contributed by atoms with Crippen LogP contribution in [0.15, 0.2) is 22.6 Å². The smallest absolute Gasteiger partial charge is 0.298 e. The molecular formula is C13H17N3O2. The molecule has 0 amide bonds. The fourth-order valence-electron chi connectivity index (χ4n) is 2.06. The van der Waals surface area contributed by atoms with Crippen molar-refractivity contribution in [3.63, 3.8) is 0 Å². The Hall–Kier alpha value is -1.75. The Bertz CT molecular complexity index is 548. The van der Waals surface area contributed by atoms with Gasteiger partial charge in [0.2, 0.25) is 0 Å². The fourth-order valence-corrected chi connectivity index (χ4v) is 2.06. The molecule has 96 valence electrons. The second kappa shape index (κ2) is 4.49. The molecule has 0 spiro atoms. The summed E-state index contributed by atoms with van der Waals surface area (Å²) >= 11 is 0. The summed E-state index contributed by atoms with van der Waals surface area (Å²) in [6.07, 6.45) is 2.40. The van der Waals surface area contributed by atoms with E-state index in [1.807, 2.05) is 18.2 Å². The third kappa shape index (κ3) is 2.13. The number of hydrogen-bond donors (Lipinski definition) is 1. The van der Waals surface area contributed by atoms with Crippen LogP contribution in [0.1, 0.15) is 12.8 Å². The van der Waals surface area contributed by atoms with Gasteiger partial charge in [0.15, 0.2) is 5.58 Å². The van der Waals surface area contributed by atoms with E-state index in [1.54, 1.807) is 7.11 Å². The number of aromatic nitrogens is 1. The minimum Gasteiger partial charge on any atom is -0.423 e. The van der Waals surface area contributed by atoms with Gasteiger partial charge < -0.3 is 19.8 Å². The van der Waals surface area contributed by atoms with Crippen molar-refractivity contribution in [2.75, 3.05) is 30.9 Å². The van der Waals surface area contributed by atoms with Crippen LogP contribution in [-0.4, -0.2) is 31.3 Å². The van der Waals surface area contributed by atoms with Crippen molar-refractivity contribution in [2.45, 2.75) is 18.9 Å². The zero-order chi connectivity index (χ0) is 12.5. The van der Waals surface area contributed by atoms with Crippen molar-refractivity contribution >= 4 is 22.8 Å². The summed E-state index contributed by atoms with van der Waals surface area (Å²) < 4.78 is 10.9. The van der Waals surface area contributed by atoms with Gasteiger partial charge in [-0.3, -0.25) is 0 Å². The molecule has 0 aliphatic heterocycles. The number of rotatable bonds is 5. The van der Waals surface area contributed by atoms with E-state index in [9.17, 15) is 0 Å². The standard InChI is InChI=1S/C13H17N3O2/c1-17-7-6-16(10-3-4-10)13-15-11-5-2-9(14)8-12(11)18-13/h2,5,8,10H,3-4,6-7,14H2,1H3.